The van der Waals surface area contributed by atoms with E-state index in [2.05, 4.69) is 6.92 Å². The molecule has 0 aliphatic heterocycles. The van der Waals surface area contributed by atoms with Crippen LogP contribution in [-0.4, -0.2) is 20.5 Å². The molecule has 17 heavy (non-hydrogen) atoms. The molecule has 0 atom stereocenters. The van der Waals surface area contributed by atoms with Gasteiger partial charge in [-0.15, -0.1) is 0 Å². The van der Waals surface area contributed by atoms with Gasteiger partial charge in [0.15, 0.2) is 0 Å². The Morgan fingerprint density at radius 1 is 0.941 bits per heavy atom. The first-order chi connectivity index (χ1) is 7.81. The number of hydrogen-bond acceptors (Lipinski definition) is 2. The number of hydrogen-bond donors (Lipinski definition) is 1. The summed E-state index contributed by atoms with van der Waals surface area (Å²) in [4.78, 5) is 0. The molecule has 1 N–H and O–H groups in total. The molecule has 0 spiro atoms. The van der Waals surface area contributed by atoms with Crippen LogP contribution in [0, 0.1) is 0 Å². The summed E-state index contributed by atoms with van der Waals surface area (Å²) >= 11 is 0. The van der Waals surface area contributed by atoms with Crippen molar-refractivity contribution in [3.8, 4) is 0 Å². The maximum absolute atomic E-state index is 11.9. The highest BCUT2D eigenvalue weighted by Crippen LogP contribution is 2.21. The van der Waals surface area contributed by atoms with Crippen LogP contribution in [-0.2, 0) is 10.0 Å². The van der Waals surface area contributed by atoms with E-state index < -0.39 is 15.5 Å². The Hall–Kier alpha value is -0.300. The second-order valence-corrected chi connectivity index (χ2v) is 5.72. The normalized spacial score (nSPS) is 12.9. The van der Waals surface area contributed by atoms with Gasteiger partial charge in [0, 0.05) is 6.54 Å². The van der Waals surface area contributed by atoms with Gasteiger partial charge in [-0.05, 0) is 6.42 Å². The summed E-state index contributed by atoms with van der Waals surface area (Å²) in [7, 11) is -5.15. The number of halogens is 3. The Labute approximate surface area is 101 Å². The van der Waals surface area contributed by atoms with Gasteiger partial charge >= 0.3 is 15.5 Å². The van der Waals surface area contributed by atoms with Gasteiger partial charge < -0.3 is 0 Å². The van der Waals surface area contributed by atoms with E-state index in [1.165, 1.54) is 6.42 Å². The zero-order chi connectivity index (χ0) is 13.4. The van der Waals surface area contributed by atoms with Gasteiger partial charge in [-0.25, -0.2) is 13.1 Å². The van der Waals surface area contributed by atoms with Crippen LogP contribution in [0.1, 0.15) is 51.9 Å². The van der Waals surface area contributed by atoms with Gasteiger partial charge in [0.25, 0.3) is 0 Å². The predicted molar refractivity (Wildman–Crippen MR) is 61.0 cm³/mol. The van der Waals surface area contributed by atoms with Crippen LogP contribution < -0.4 is 4.72 Å². The number of sulfonamides is 1. The molecule has 0 heterocycles. The minimum Gasteiger partial charge on any atom is -0.207 e. The molecular weight excluding hydrogens is 255 g/mol. The number of nitrogens with one attached hydrogen (secondary N) is 1. The minimum absolute atomic E-state index is 0.143. The largest absolute Gasteiger partial charge is 0.511 e. The van der Waals surface area contributed by atoms with Gasteiger partial charge in [0.2, 0.25) is 0 Å². The molecule has 0 bridgehead atoms. The molecule has 0 aromatic rings. The first-order valence-corrected chi connectivity index (χ1v) is 7.35. The maximum atomic E-state index is 11.9. The summed E-state index contributed by atoms with van der Waals surface area (Å²) < 4.78 is 58.4. The number of alkyl halides is 3. The average molecular weight is 275 g/mol. The highest BCUT2D eigenvalue weighted by Gasteiger charge is 2.45. The Morgan fingerprint density at radius 3 is 1.88 bits per heavy atom. The smallest absolute Gasteiger partial charge is 0.207 e. The van der Waals surface area contributed by atoms with Crippen LogP contribution in [0.5, 0.6) is 0 Å². The molecule has 104 valence electrons. The maximum Gasteiger partial charge on any atom is 0.511 e. The summed E-state index contributed by atoms with van der Waals surface area (Å²) in [5.74, 6) is 0. The lowest BCUT2D eigenvalue weighted by molar-refractivity contribution is -0.0447. The van der Waals surface area contributed by atoms with E-state index in [4.69, 9.17) is 0 Å². The fourth-order valence-corrected chi connectivity index (χ4v) is 1.95. The van der Waals surface area contributed by atoms with E-state index in [0.29, 0.717) is 6.42 Å². The summed E-state index contributed by atoms with van der Waals surface area (Å²) in [6, 6.07) is 0. The van der Waals surface area contributed by atoms with E-state index in [0.717, 1.165) is 32.1 Å². The molecule has 0 saturated carbocycles. The Balaban J connectivity index is 3.53. The summed E-state index contributed by atoms with van der Waals surface area (Å²) in [6.07, 6.45) is 6.63. The summed E-state index contributed by atoms with van der Waals surface area (Å²) in [5.41, 5.74) is -5.20. The van der Waals surface area contributed by atoms with Crippen LogP contribution in [0.3, 0.4) is 0 Å². The molecule has 0 radical (unpaired) electrons. The second-order valence-electron chi connectivity index (χ2n) is 3.96. The minimum atomic E-state index is -5.20. The fraction of sp³-hybridized carbons (Fsp3) is 1.00. The van der Waals surface area contributed by atoms with Gasteiger partial charge in [0.05, 0.1) is 0 Å². The van der Waals surface area contributed by atoms with E-state index in [9.17, 15) is 21.6 Å². The highest BCUT2D eigenvalue weighted by atomic mass is 32.2. The van der Waals surface area contributed by atoms with Crippen molar-refractivity contribution in [2.45, 2.75) is 57.4 Å². The molecule has 7 heteroatoms. The highest BCUT2D eigenvalue weighted by molar-refractivity contribution is 7.90. The zero-order valence-corrected chi connectivity index (χ0v) is 10.8. The molecule has 0 unspecified atom stereocenters. The molecule has 0 rings (SSSR count). The molecule has 0 aliphatic rings. The molecule has 0 amide bonds. The molecule has 0 aromatic heterocycles. The molecule has 0 saturated heterocycles. The van der Waals surface area contributed by atoms with Crippen molar-refractivity contribution in [3.63, 3.8) is 0 Å². The van der Waals surface area contributed by atoms with Crippen molar-refractivity contribution in [2.24, 2.45) is 0 Å². The third-order valence-electron chi connectivity index (χ3n) is 2.38. The number of unbranched alkanes of at least 4 members (excludes halogenated alkanes) is 6. The van der Waals surface area contributed by atoms with Crippen molar-refractivity contribution in [1.29, 1.82) is 0 Å². The lowest BCUT2D eigenvalue weighted by Gasteiger charge is -2.08. The van der Waals surface area contributed by atoms with Crippen molar-refractivity contribution in [1.82, 2.24) is 4.72 Å². The molecule has 3 nitrogen and oxygen atoms in total. The summed E-state index contributed by atoms with van der Waals surface area (Å²) in [5, 5.41) is 0. The van der Waals surface area contributed by atoms with Gasteiger partial charge in [-0.3, -0.25) is 0 Å². The van der Waals surface area contributed by atoms with Crippen LogP contribution >= 0.6 is 0 Å². The standard InChI is InChI=1S/C10H20F3NO2S/c1-2-3-4-5-6-7-8-9-14-17(15,16)10(11,12)13/h14H,2-9H2,1H3. The van der Waals surface area contributed by atoms with Crippen molar-refractivity contribution in [2.75, 3.05) is 6.54 Å². The summed E-state index contributed by atoms with van der Waals surface area (Å²) in [6.45, 7) is 1.96. The molecular formula is C10H20F3NO2S. The molecule has 0 fully saturated rings. The van der Waals surface area contributed by atoms with Crippen LogP contribution in [0.15, 0.2) is 0 Å². The van der Waals surface area contributed by atoms with Crippen molar-refractivity contribution >= 4 is 10.0 Å². The Kier molecular flexibility index (Phi) is 7.78. The molecule has 0 aromatic carbocycles. The van der Waals surface area contributed by atoms with Crippen LogP contribution in [0.25, 0.3) is 0 Å². The van der Waals surface area contributed by atoms with Crippen molar-refractivity contribution in [3.05, 3.63) is 0 Å². The van der Waals surface area contributed by atoms with Gasteiger partial charge in [0.1, 0.15) is 0 Å². The van der Waals surface area contributed by atoms with Gasteiger partial charge in [-0.2, -0.15) is 13.2 Å². The topological polar surface area (TPSA) is 46.2 Å². The third kappa shape index (κ3) is 7.59. The predicted octanol–water partition coefficient (Wildman–Crippen LogP) is 3.18. The van der Waals surface area contributed by atoms with Gasteiger partial charge in [-0.1, -0.05) is 45.4 Å². The fourth-order valence-electron chi connectivity index (χ4n) is 1.37. The Morgan fingerprint density at radius 2 is 1.41 bits per heavy atom. The van der Waals surface area contributed by atoms with E-state index >= 15 is 0 Å². The quantitative estimate of drug-likeness (QED) is 0.657. The lowest BCUT2D eigenvalue weighted by Crippen LogP contribution is -2.36. The first-order valence-electron chi connectivity index (χ1n) is 5.87. The number of rotatable bonds is 9. The monoisotopic (exact) mass is 275 g/mol. The second kappa shape index (κ2) is 7.92. The van der Waals surface area contributed by atoms with Crippen LogP contribution in [0.4, 0.5) is 13.2 Å². The van der Waals surface area contributed by atoms with Crippen LogP contribution in [0.2, 0.25) is 0 Å². The van der Waals surface area contributed by atoms with Crippen molar-refractivity contribution < 1.29 is 21.6 Å². The van der Waals surface area contributed by atoms with E-state index in [1.807, 2.05) is 0 Å². The SMILES string of the molecule is CCCCCCCCCNS(=O)(=O)C(F)(F)F. The van der Waals surface area contributed by atoms with E-state index in [1.54, 1.807) is 4.72 Å². The van der Waals surface area contributed by atoms with E-state index in [-0.39, 0.29) is 6.54 Å². The molecule has 0 aliphatic carbocycles. The Bertz CT molecular complexity index is 288. The first kappa shape index (κ1) is 16.7. The zero-order valence-electron chi connectivity index (χ0n) is 10.0. The average Bonchev–Trinajstić information content (AvgIpc) is 2.20. The lowest BCUT2D eigenvalue weighted by atomic mass is 10.1. The third-order valence-corrected chi connectivity index (χ3v) is 3.57.